The van der Waals surface area contributed by atoms with Crippen molar-refractivity contribution in [3.8, 4) is 18.4 Å². The Morgan fingerprint density at radius 1 is 1.53 bits per heavy atom. The van der Waals surface area contributed by atoms with Gasteiger partial charge in [-0.3, -0.25) is 0 Å². The van der Waals surface area contributed by atoms with Gasteiger partial charge in [-0.15, -0.1) is 12.3 Å². The van der Waals surface area contributed by atoms with Crippen molar-refractivity contribution < 1.29 is 5.11 Å². The van der Waals surface area contributed by atoms with E-state index in [4.69, 9.17) is 23.3 Å². The van der Waals surface area contributed by atoms with Gasteiger partial charge in [0.15, 0.2) is 0 Å². The van der Waals surface area contributed by atoms with Crippen molar-refractivity contribution in [1.82, 2.24) is 4.98 Å². The fraction of sp³-hybridized carbons (Fsp3) is 0.429. The first-order valence-corrected chi connectivity index (χ1v) is 6.48. The molecule has 1 aliphatic carbocycles. The maximum Gasteiger partial charge on any atom is 0.131 e. The van der Waals surface area contributed by atoms with Gasteiger partial charge in [-0.1, -0.05) is 11.6 Å². The topological polar surface area (TPSA) is 68.9 Å². The first kappa shape index (κ1) is 13.7. The standard InChI is InChI=1S/C14H14ClN3O/c1-2-9-3-4-11(5-13(9)19)18-12-6-14(15)17-8-10(12)7-16/h1,6,8-9,11,13,19H,3-5H2,(H,17,18)/t9-,11-,13-/m1/s1. The fourth-order valence-electron chi connectivity index (χ4n) is 2.33. The molecule has 0 aromatic carbocycles. The summed E-state index contributed by atoms with van der Waals surface area (Å²) >= 11 is 5.83. The van der Waals surface area contributed by atoms with Crippen LogP contribution in [-0.2, 0) is 0 Å². The minimum Gasteiger partial charge on any atom is -0.392 e. The van der Waals surface area contributed by atoms with Crippen molar-refractivity contribution in [1.29, 1.82) is 5.26 Å². The normalized spacial score (nSPS) is 26.2. The molecule has 3 atom stereocenters. The maximum absolute atomic E-state index is 9.91. The van der Waals surface area contributed by atoms with E-state index in [1.807, 2.05) is 0 Å². The summed E-state index contributed by atoms with van der Waals surface area (Å²) < 4.78 is 0. The molecule has 1 saturated carbocycles. The van der Waals surface area contributed by atoms with Gasteiger partial charge in [0.25, 0.3) is 0 Å². The molecule has 19 heavy (non-hydrogen) atoms. The predicted molar refractivity (Wildman–Crippen MR) is 73.6 cm³/mol. The Balaban J connectivity index is 2.09. The Hall–Kier alpha value is -1.75. The summed E-state index contributed by atoms with van der Waals surface area (Å²) in [6.45, 7) is 0. The Morgan fingerprint density at radius 3 is 2.95 bits per heavy atom. The molecule has 1 aliphatic rings. The number of rotatable bonds is 2. The van der Waals surface area contributed by atoms with Crippen LogP contribution in [0.25, 0.3) is 0 Å². The Bertz CT molecular complexity index is 547. The van der Waals surface area contributed by atoms with Crippen LogP contribution in [0.1, 0.15) is 24.8 Å². The lowest BCUT2D eigenvalue weighted by Crippen LogP contribution is -2.35. The van der Waals surface area contributed by atoms with E-state index in [0.717, 1.165) is 12.8 Å². The smallest absolute Gasteiger partial charge is 0.131 e. The zero-order valence-electron chi connectivity index (χ0n) is 10.3. The molecule has 0 radical (unpaired) electrons. The van der Waals surface area contributed by atoms with Crippen LogP contribution in [-0.4, -0.2) is 22.2 Å². The summed E-state index contributed by atoms with van der Waals surface area (Å²) in [6, 6.07) is 3.78. The van der Waals surface area contributed by atoms with Crippen LogP contribution in [0.2, 0.25) is 5.15 Å². The lowest BCUT2D eigenvalue weighted by atomic mass is 9.84. The molecule has 0 saturated heterocycles. The van der Waals surface area contributed by atoms with Crippen LogP contribution >= 0.6 is 11.6 Å². The quantitative estimate of drug-likeness (QED) is 0.641. The molecule has 0 amide bonds. The zero-order valence-corrected chi connectivity index (χ0v) is 11.1. The number of aliphatic hydroxyl groups excluding tert-OH is 1. The summed E-state index contributed by atoms with van der Waals surface area (Å²) in [6.07, 6.45) is 8.50. The van der Waals surface area contributed by atoms with Crippen LogP contribution in [0, 0.1) is 29.6 Å². The van der Waals surface area contributed by atoms with E-state index in [-0.39, 0.29) is 12.0 Å². The average Bonchev–Trinajstić information content (AvgIpc) is 2.39. The van der Waals surface area contributed by atoms with Crippen LogP contribution in [0.5, 0.6) is 0 Å². The molecule has 98 valence electrons. The summed E-state index contributed by atoms with van der Waals surface area (Å²) in [4.78, 5) is 3.87. The van der Waals surface area contributed by atoms with Crippen LogP contribution < -0.4 is 5.32 Å². The third-order valence-corrected chi connectivity index (χ3v) is 3.59. The van der Waals surface area contributed by atoms with E-state index in [1.165, 1.54) is 6.20 Å². The maximum atomic E-state index is 9.91. The molecule has 2 N–H and O–H groups in total. The number of aliphatic hydroxyl groups is 1. The molecule has 5 heteroatoms. The van der Waals surface area contributed by atoms with Gasteiger partial charge in [0.1, 0.15) is 11.2 Å². The first-order valence-electron chi connectivity index (χ1n) is 6.10. The zero-order chi connectivity index (χ0) is 13.8. The van der Waals surface area contributed by atoms with Crippen molar-refractivity contribution in [3.05, 3.63) is 23.0 Å². The largest absolute Gasteiger partial charge is 0.392 e. The Kier molecular flexibility index (Phi) is 4.27. The molecule has 0 bridgehead atoms. The molecule has 2 rings (SSSR count). The van der Waals surface area contributed by atoms with Crippen molar-refractivity contribution in [2.45, 2.75) is 31.4 Å². The molecule has 0 spiro atoms. The number of anilines is 1. The second-order valence-electron chi connectivity index (χ2n) is 4.66. The number of pyridine rings is 1. The molecule has 0 aliphatic heterocycles. The molecular weight excluding hydrogens is 262 g/mol. The lowest BCUT2D eigenvalue weighted by Gasteiger charge is -2.31. The summed E-state index contributed by atoms with van der Waals surface area (Å²) in [5, 5.41) is 22.5. The highest BCUT2D eigenvalue weighted by Gasteiger charge is 2.28. The summed E-state index contributed by atoms with van der Waals surface area (Å²) in [5.74, 6) is 2.53. The second kappa shape index (κ2) is 5.93. The number of nitrogens with zero attached hydrogens (tertiary/aromatic N) is 2. The Labute approximate surface area is 117 Å². The van der Waals surface area contributed by atoms with Gasteiger partial charge in [0, 0.05) is 18.2 Å². The van der Waals surface area contributed by atoms with E-state index >= 15 is 0 Å². The minimum absolute atomic E-state index is 0.0745. The monoisotopic (exact) mass is 275 g/mol. The van der Waals surface area contributed by atoms with E-state index < -0.39 is 6.10 Å². The third kappa shape index (κ3) is 3.17. The minimum atomic E-state index is -0.501. The molecular formula is C14H14ClN3O. The number of hydrogen-bond acceptors (Lipinski definition) is 4. The summed E-state index contributed by atoms with van der Waals surface area (Å²) in [5.41, 5.74) is 1.09. The van der Waals surface area contributed by atoms with Gasteiger partial charge in [-0.25, -0.2) is 4.98 Å². The van der Waals surface area contributed by atoms with Crippen molar-refractivity contribution in [2.75, 3.05) is 5.32 Å². The number of aromatic nitrogens is 1. The highest BCUT2D eigenvalue weighted by molar-refractivity contribution is 6.29. The number of hydrogen-bond donors (Lipinski definition) is 2. The number of terminal acetylenes is 1. The molecule has 1 heterocycles. The van der Waals surface area contributed by atoms with Gasteiger partial charge < -0.3 is 10.4 Å². The van der Waals surface area contributed by atoms with Crippen molar-refractivity contribution >= 4 is 17.3 Å². The second-order valence-corrected chi connectivity index (χ2v) is 5.05. The molecule has 0 unspecified atom stereocenters. The summed E-state index contributed by atoms with van der Waals surface area (Å²) in [7, 11) is 0. The molecule has 1 aromatic heterocycles. The number of halogens is 1. The number of nitrogens with one attached hydrogen (secondary N) is 1. The van der Waals surface area contributed by atoms with E-state index in [0.29, 0.717) is 22.8 Å². The van der Waals surface area contributed by atoms with Crippen LogP contribution in [0.3, 0.4) is 0 Å². The number of nitriles is 1. The van der Waals surface area contributed by atoms with Gasteiger partial charge in [-0.05, 0) is 25.3 Å². The molecule has 1 aromatic rings. The van der Waals surface area contributed by atoms with Gasteiger partial charge in [0.05, 0.1) is 17.4 Å². The first-order chi connectivity index (χ1) is 9.13. The van der Waals surface area contributed by atoms with Gasteiger partial charge in [0.2, 0.25) is 0 Å². The van der Waals surface area contributed by atoms with E-state index in [2.05, 4.69) is 22.3 Å². The van der Waals surface area contributed by atoms with Gasteiger partial charge in [-0.2, -0.15) is 5.26 Å². The van der Waals surface area contributed by atoms with E-state index in [1.54, 1.807) is 6.07 Å². The highest BCUT2D eigenvalue weighted by atomic mass is 35.5. The van der Waals surface area contributed by atoms with Gasteiger partial charge >= 0.3 is 0 Å². The third-order valence-electron chi connectivity index (χ3n) is 3.38. The average molecular weight is 276 g/mol. The predicted octanol–water partition coefficient (Wildman–Crippen LogP) is 2.18. The lowest BCUT2D eigenvalue weighted by molar-refractivity contribution is 0.0915. The Morgan fingerprint density at radius 2 is 2.32 bits per heavy atom. The molecule has 4 nitrogen and oxygen atoms in total. The van der Waals surface area contributed by atoms with Crippen molar-refractivity contribution in [2.24, 2.45) is 5.92 Å². The van der Waals surface area contributed by atoms with Crippen LogP contribution in [0.4, 0.5) is 5.69 Å². The molecule has 1 fully saturated rings. The van der Waals surface area contributed by atoms with Crippen LogP contribution in [0.15, 0.2) is 12.3 Å². The van der Waals surface area contributed by atoms with E-state index in [9.17, 15) is 5.11 Å². The van der Waals surface area contributed by atoms with Crippen molar-refractivity contribution in [3.63, 3.8) is 0 Å². The SMILES string of the molecule is C#C[C@@H]1CC[C@@H](Nc2cc(Cl)ncc2C#N)C[C@H]1O. The fourth-order valence-corrected chi connectivity index (χ4v) is 2.49. The highest BCUT2D eigenvalue weighted by Crippen LogP contribution is 2.28.